The molecule has 0 bridgehead atoms. The summed E-state index contributed by atoms with van der Waals surface area (Å²) in [4.78, 5) is 6.60. The number of benzene rings is 1. The van der Waals surface area contributed by atoms with E-state index in [1.54, 1.807) is 18.5 Å². The largest absolute Gasteiger partial charge is 0.493 e. The lowest BCUT2D eigenvalue weighted by atomic mass is 10.1. The standard InChI is InChI=1S/C18H24FN3O2/c1-21-12-17(20-14-21)13-22-6-9-23-7-2-3-8-24-18-5-4-16(19)10-15(18)11-22/h4-5,10,12,14H,2-3,6-9,11,13H2,1H3. The predicted molar refractivity (Wildman–Crippen MR) is 89.3 cm³/mol. The molecule has 0 fully saturated rings. The molecule has 24 heavy (non-hydrogen) atoms. The third-order valence-corrected chi connectivity index (χ3v) is 4.05. The first-order valence-electron chi connectivity index (χ1n) is 8.39. The van der Waals surface area contributed by atoms with Gasteiger partial charge < -0.3 is 14.0 Å². The van der Waals surface area contributed by atoms with E-state index in [1.165, 1.54) is 6.07 Å². The second-order valence-corrected chi connectivity index (χ2v) is 6.16. The molecule has 1 aliphatic rings. The summed E-state index contributed by atoms with van der Waals surface area (Å²) >= 11 is 0. The van der Waals surface area contributed by atoms with E-state index in [0.717, 1.165) is 43.0 Å². The van der Waals surface area contributed by atoms with E-state index < -0.39 is 0 Å². The fourth-order valence-corrected chi connectivity index (χ4v) is 2.83. The average molecular weight is 333 g/mol. The number of imidazole rings is 1. The minimum atomic E-state index is -0.238. The van der Waals surface area contributed by atoms with Crippen LogP contribution >= 0.6 is 0 Å². The summed E-state index contributed by atoms with van der Waals surface area (Å²) in [6, 6.07) is 4.75. The Balaban J connectivity index is 1.79. The van der Waals surface area contributed by atoms with Crippen molar-refractivity contribution in [3.05, 3.63) is 47.8 Å². The Morgan fingerprint density at radius 3 is 2.92 bits per heavy atom. The molecule has 0 aliphatic carbocycles. The lowest BCUT2D eigenvalue weighted by Gasteiger charge is -2.23. The van der Waals surface area contributed by atoms with Crippen LogP contribution in [0.5, 0.6) is 5.75 Å². The summed E-state index contributed by atoms with van der Waals surface area (Å²) in [5.74, 6) is 0.530. The maximum Gasteiger partial charge on any atom is 0.123 e. The molecule has 0 unspecified atom stereocenters. The SMILES string of the molecule is Cn1cnc(CN2CCOCCCCOc3ccc(F)cc3C2)c1. The van der Waals surface area contributed by atoms with Gasteiger partial charge in [-0.2, -0.15) is 0 Å². The zero-order valence-corrected chi connectivity index (χ0v) is 14.1. The maximum absolute atomic E-state index is 13.7. The lowest BCUT2D eigenvalue weighted by Crippen LogP contribution is -2.28. The van der Waals surface area contributed by atoms with Crippen molar-refractivity contribution in [1.82, 2.24) is 14.5 Å². The van der Waals surface area contributed by atoms with Gasteiger partial charge >= 0.3 is 0 Å². The van der Waals surface area contributed by atoms with Crippen LogP contribution in [-0.4, -0.2) is 40.8 Å². The quantitative estimate of drug-likeness (QED) is 0.847. The van der Waals surface area contributed by atoms with E-state index in [1.807, 2.05) is 17.8 Å². The van der Waals surface area contributed by atoms with Gasteiger partial charge in [-0.05, 0) is 31.0 Å². The molecule has 5 nitrogen and oxygen atoms in total. The molecule has 2 aromatic rings. The van der Waals surface area contributed by atoms with Crippen molar-refractivity contribution < 1.29 is 13.9 Å². The Labute approximate surface area is 142 Å². The molecule has 2 heterocycles. The first-order chi connectivity index (χ1) is 11.7. The Bertz CT molecular complexity index is 659. The van der Waals surface area contributed by atoms with E-state index in [-0.39, 0.29) is 5.82 Å². The van der Waals surface area contributed by atoms with Gasteiger partial charge in [-0.3, -0.25) is 4.90 Å². The average Bonchev–Trinajstić information content (AvgIpc) is 2.95. The molecule has 3 rings (SSSR count). The van der Waals surface area contributed by atoms with E-state index in [2.05, 4.69) is 9.88 Å². The van der Waals surface area contributed by atoms with Gasteiger partial charge in [0.2, 0.25) is 0 Å². The van der Waals surface area contributed by atoms with Crippen LogP contribution in [0.15, 0.2) is 30.7 Å². The molecule has 0 atom stereocenters. The number of rotatable bonds is 2. The first kappa shape index (κ1) is 16.9. The summed E-state index contributed by atoms with van der Waals surface area (Å²) in [6.45, 7) is 4.11. The fraction of sp³-hybridized carbons (Fsp3) is 0.500. The van der Waals surface area contributed by atoms with Crippen molar-refractivity contribution in [3.8, 4) is 5.75 Å². The maximum atomic E-state index is 13.7. The zero-order valence-electron chi connectivity index (χ0n) is 14.1. The van der Waals surface area contributed by atoms with Crippen LogP contribution in [0.1, 0.15) is 24.1 Å². The van der Waals surface area contributed by atoms with Crippen LogP contribution in [0.2, 0.25) is 0 Å². The van der Waals surface area contributed by atoms with Gasteiger partial charge in [-0.25, -0.2) is 9.37 Å². The van der Waals surface area contributed by atoms with Crippen molar-refractivity contribution in [2.45, 2.75) is 25.9 Å². The fourth-order valence-electron chi connectivity index (χ4n) is 2.83. The molecule has 0 N–H and O–H groups in total. The van der Waals surface area contributed by atoms with Crippen molar-refractivity contribution in [1.29, 1.82) is 0 Å². The molecule has 6 heteroatoms. The molecule has 1 aromatic carbocycles. The highest BCUT2D eigenvalue weighted by atomic mass is 19.1. The van der Waals surface area contributed by atoms with Crippen LogP contribution in [-0.2, 0) is 24.9 Å². The minimum Gasteiger partial charge on any atom is -0.493 e. The number of hydrogen-bond acceptors (Lipinski definition) is 4. The van der Waals surface area contributed by atoms with Gasteiger partial charge in [0.05, 0.1) is 25.2 Å². The number of ether oxygens (including phenoxy) is 2. The smallest absolute Gasteiger partial charge is 0.123 e. The second kappa shape index (κ2) is 8.26. The Morgan fingerprint density at radius 2 is 2.08 bits per heavy atom. The Morgan fingerprint density at radius 1 is 1.21 bits per heavy atom. The molecule has 130 valence electrons. The van der Waals surface area contributed by atoms with Gasteiger partial charge in [0, 0.05) is 45.0 Å². The van der Waals surface area contributed by atoms with Crippen molar-refractivity contribution >= 4 is 0 Å². The van der Waals surface area contributed by atoms with Crippen LogP contribution < -0.4 is 4.74 Å². The number of fused-ring (bicyclic) bond motifs is 1. The van der Waals surface area contributed by atoms with E-state index in [0.29, 0.717) is 26.3 Å². The van der Waals surface area contributed by atoms with Crippen molar-refractivity contribution in [2.75, 3.05) is 26.4 Å². The molecular weight excluding hydrogens is 309 g/mol. The molecule has 1 aliphatic heterocycles. The third kappa shape index (κ3) is 4.79. The minimum absolute atomic E-state index is 0.238. The van der Waals surface area contributed by atoms with Crippen molar-refractivity contribution in [2.24, 2.45) is 7.05 Å². The highest BCUT2D eigenvalue weighted by molar-refractivity contribution is 5.34. The summed E-state index contributed by atoms with van der Waals surface area (Å²) in [6.07, 6.45) is 5.70. The van der Waals surface area contributed by atoms with Gasteiger partial charge in [-0.1, -0.05) is 0 Å². The van der Waals surface area contributed by atoms with E-state index in [4.69, 9.17) is 9.47 Å². The normalized spacial score (nSPS) is 17.4. The van der Waals surface area contributed by atoms with Crippen LogP contribution in [0, 0.1) is 5.82 Å². The number of nitrogens with zero attached hydrogens (tertiary/aromatic N) is 3. The number of hydrogen-bond donors (Lipinski definition) is 0. The third-order valence-electron chi connectivity index (χ3n) is 4.05. The predicted octanol–water partition coefficient (Wildman–Crippen LogP) is 2.75. The molecule has 0 amide bonds. The topological polar surface area (TPSA) is 39.5 Å². The van der Waals surface area contributed by atoms with Crippen LogP contribution in [0.25, 0.3) is 0 Å². The second-order valence-electron chi connectivity index (χ2n) is 6.16. The van der Waals surface area contributed by atoms with E-state index in [9.17, 15) is 4.39 Å². The van der Waals surface area contributed by atoms with Crippen molar-refractivity contribution in [3.63, 3.8) is 0 Å². The molecule has 0 saturated carbocycles. The van der Waals surface area contributed by atoms with Crippen LogP contribution in [0.4, 0.5) is 4.39 Å². The summed E-state index contributed by atoms with van der Waals surface area (Å²) < 4.78 is 27.2. The monoisotopic (exact) mass is 333 g/mol. The van der Waals surface area contributed by atoms with Crippen LogP contribution in [0.3, 0.4) is 0 Å². The summed E-state index contributed by atoms with van der Waals surface area (Å²) in [5, 5.41) is 0. The summed E-state index contributed by atoms with van der Waals surface area (Å²) in [5.41, 5.74) is 1.86. The molecule has 0 saturated heterocycles. The highest BCUT2D eigenvalue weighted by Crippen LogP contribution is 2.23. The zero-order chi connectivity index (χ0) is 16.8. The lowest BCUT2D eigenvalue weighted by molar-refractivity contribution is 0.0905. The van der Waals surface area contributed by atoms with Gasteiger partial charge in [0.15, 0.2) is 0 Å². The summed E-state index contributed by atoms with van der Waals surface area (Å²) in [7, 11) is 1.95. The Kier molecular flexibility index (Phi) is 5.82. The van der Waals surface area contributed by atoms with E-state index >= 15 is 0 Å². The first-order valence-corrected chi connectivity index (χ1v) is 8.39. The number of halogens is 1. The molecule has 1 aromatic heterocycles. The van der Waals surface area contributed by atoms with Gasteiger partial charge in [0.1, 0.15) is 11.6 Å². The molecular formula is C18H24FN3O2. The number of aryl methyl sites for hydroxylation is 1. The van der Waals surface area contributed by atoms with Gasteiger partial charge in [0.25, 0.3) is 0 Å². The molecule has 0 radical (unpaired) electrons. The van der Waals surface area contributed by atoms with Gasteiger partial charge in [-0.15, -0.1) is 0 Å². The molecule has 0 spiro atoms. The highest BCUT2D eigenvalue weighted by Gasteiger charge is 2.14. The number of aromatic nitrogens is 2. The Hall–Kier alpha value is -1.92.